The van der Waals surface area contributed by atoms with E-state index in [9.17, 15) is 0 Å². The van der Waals surface area contributed by atoms with E-state index >= 15 is 0 Å². The highest BCUT2D eigenvalue weighted by Gasteiger charge is 2.14. The second-order valence-electron chi connectivity index (χ2n) is 6.35. The number of aromatic nitrogens is 4. The van der Waals surface area contributed by atoms with E-state index in [-0.39, 0.29) is 12.6 Å². The maximum Gasteiger partial charge on any atom is 0.277 e. The summed E-state index contributed by atoms with van der Waals surface area (Å²) in [6.07, 6.45) is 0. The molecular formula is C18H22N6O2. The van der Waals surface area contributed by atoms with Gasteiger partial charge in [-0.25, -0.2) is 9.97 Å². The molecule has 0 fully saturated rings. The lowest BCUT2D eigenvalue weighted by molar-refractivity contribution is 0.268. The topological polar surface area (TPSA) is 123 Å². The lowest BCUT2D eigenvalue weighted by Crippen LogP contribution is -2.14. The molecule has 4 N–H and O–H groups in total. The van der Waals surface area contributed by atoms with Crippen LogP contribution in [0.1, 0.15) is 31.1 Å². The van der Waals surface area contributed by atoms with Crippen molar-refractivity contribution in [3.63, 3.8) is 0 Å². The zero-order valence-corrected chi connectivity index (χ0v) is 15.0. The number of hydrogen-bond donors (Lipinski definition) is 3. The lowest BCUT2D eigenvalue weighted by atomic mass is 10.1. The average molecular weight is 354 g/mol. The van der Waals surface area contributed by atoms with Crippen LogP contribution in [0.5, 0.6) is 0 Å². The summed E-state index contributed by atoms with van der Waals surface area (Å²) in [5.41, 5.74) is 8.81. The van der Waals surface area contributed by atoms with Crippen LogP contribution in [-0.2, 0) is 0 Å². The fourth-order valence-electron chi connectivity index (χ4n) is 2.43. The van der Waals surface area contributed by atoms with Crippen molar-refractivity contribution >= 4 is 5.95 Å². The third-order valence-electron chi connectivity index (χ3n) is 3.71. The van der Waals surface area contributed by atoms with Crippen molar-refractivity contribution in [2.45, 2.75) is 32.9 Å². The summed E-state index contributed by atoms with van der Waals surface area (Å²) in [5.74, 6) is 1.31. The van der Waals surface area contributed by atoms with Gasteiger partial charge in [-0.05, 0) is 32.4 Å². The number of benzene rings is 1. The SMILES string of the molecule is Cc1cc(-c2nc(-c3ccc(C(N)CO)cc3)no2)nc(NC(C)C)n1. The molecule has 3 aromatic rings. The molecule has 26 heavy (non-hydrogen) atoms. The molecule has 2 aromatic heterocycles. The van der Waals surface area contributed by atoms with Crippen LogP contribution in [0, 0.1) is 6.92 Å². The fourth-order valence-corrected chi connectivity index (χ4v) is 2.43. The van der Waals surface area contributed by atoms with Crippen LogP contribution >= 0.6 is 0 Å². The van der Waals surface area contributed by atoms with Gasteiger partial charge in [-0.2, -0.15) is 4.98 Å². The molecule has 8 heteroatoms. The first kappa shape index (κ1) is 18.0. The van der Waals surface area contributed by atoms with Crippen molar-refractivity contribution in [3.8, 4) is 23.0 Å². The van der Waals surface area contributed by atoms with E-state index in [0.717, 1.165) is 16.8 Å². The lowest BCUT2D eigenvalue weighted by Gasteiger charge is -2.09. The van der Waals surface area contributed by atoms with Crippen LogP contribution < -0.4 is 11.1 Å². The van der Waals surface area contributed by atoms with Crippen molar-refractivity contribution in [1.82, 2.24) is 20.1 Å². The third-order valence-corrected chi connectivity index (χ3v) is 3.71. The summed E-state index contributed by atoms with van der Waals surface area (Å²) in [6.45, 7) is 5.81. The molecule has 0 aliphatic rings. The Labute approximate surface area is 151 Å². The molecule has 2 heterocycles. The van der Waals surface area contributed by atoms with Gasteiger partial charge in [0.1, 0.15) is 5.69 Å². The van der Waals surface area contributed by atoms with Gasteiger partial charge in [0.2, 0.25) is 11.8 Å². The van der Waals surface area contributed by atoms with Gasteiger partial charge in [-0.3, -0.25) is 0 Å². The molecule has 0 saturated heterocycles. The van der Waals surface area contributed by atoms with Crippen molar-refractivity contribution in [3.05, 3.63) is 41.6 Å². The number of hydrogen-bond acceptors (Lipinski definition) is 8. The molecule has 1 aromatic carbocycles. The molecule has 0 aliphatic heterocycles. The van der Waals surface area contributed by atoms with Gasteiger partial charge in [-0.1, -0.05) is 29.4 Å². The summed E-state index contributed by atoms with van der Waals surface area (Å²) in [6, 6.07) is 8.98. The van der Waals surface area contributed by atoms with E-state index in [0.29, 0.717) is 23.4 Å². The first-order valence-corrected chi connectivity index (χ1v) is 8.39. The van der Waals surface area contributed by atoms with Crippen molar-refractivity contribution in [2.75, 3.05) is 11.9 Å². The van der Waals surface area contributed by atoms with Gasteiger partial charge in [0.15, 0.2) is 0 Å². The normalized spacial score (nSPS) is 12.4. The van der Waals surface area contributed by atoms with E-state index in [1.807, 2.05) is 45.0 Å². The fraction of sp³-hybridized carbons (Fsp3) is 0.333. The Bertz CT molecular complexity index is 876. The largest absolute Gasteiger partial charge is 0.394 e. The Hall–Kier alpha value is -2.84. The highest BCUT2D eigenvalue weighted by atomic mass is 16.5. The Morgan fingerprint density at radius 1 is 1.15 bits per heavy atom. The summed E-state index contributed by atoms with van der Waals surface area (Å²) < 4.78 is 5.38. The zero-order valence-electron chi connectivity index (χ0n) is 15.0. The molecule has 0 radical (unpaired) electrons. The van der Waals surface area contributed by atoms with E-state index in [4.69, 9.17) is 15.4 Å². The molecule has 0 spiro atoms. The van der Waals surface area contributed by atoms with Crippen LogP contribution in [0.25, 0.3) is 23.0 Å². The van der Waals surface area contributed by atoms with Crippen LogP contribution in [-0.4, -0.2) is 37.9 Å². The Balaban J connectivity index is 1.87. The predicted octanol–water partition coefficient (Wildman–Crippen LogP) is 2.31. The number of aliphatic hydroxyl groups is 1. The van der Waals surface area contributed by atoms with Gasteiger partial charge in [0, 0.05) is 17.3 Å². The predicted molar refractivity (Wildman–Crippen MR) is 98.3 cm³/mol. The Morgan fingerprint density at radius 3 is 2.54 bits per heavy atom. The minimum absolute atomic E-state index is 0.106. The summed E-state index contributed by atoms with van der Waals surface area (Å²) in [5, 5.41) is 16.3. The van der Waals surface area contributed by atoms with E-state index in [2.05, 4.69) is 25.4 Å². The molecule has 1 atom stereocenters. The second kappa shape index (κ2) is 7.59. The third kappa shape index (κ3) is 4.04. The number of aliphatic hydroxyl groups excluding tert-OH is 1. The summed E-state index contributed by atoms with van der Waals surface area (Å²) >= 11 is 0. The van der Waals surface area contributed by atoms with Crippen molar-refractivity contribution < 1.29 is 9.63 Å². The van der Waals surface area contributed by atoms with E-state index in [1.165, 1.54) is 0 Å². The molecule has 3 rings (SSSR count). The molecule has 0 amide bonds. The maximum atomic E-state index is 9.12. The Morgan fingerprint density at radius 2 is 1.88 bits per heavy atom. The number of aryl methyl sites for hydroxylation is 1. The molecule has 0 aliphatic carbocycles. The molecular weight excluding hydrogens is 332 g/mol. The van der Waals surface area contributed by atoms with Gasteiger partial charge >= 0.3 is 0 Å². The second-order valence-corrected chi connectivity index (χ2v) is 6.35. The molecule has 136 valence electrons. The first-order chi connectivity index (χ1) is 12.5. The first-order valence-electron chi connectivity index (χ1n) is 8.39. The van der Waals surface area contributed by atoms with Crippen LogP contribution in [0.15, 0.2) is 34.9 Å². The number of nitrogens with two attached hydrogens (primary N) is 1. The minimum Gasteiger partial charge on any atom is -0.394 e. The Kier molecular flexibility index (Phi) is 5.24. The zero-order chi connectivity index (χ0) is 18.7. The van der Waals surface area contributed by atoms with Crippen molar-refractivity contribution in [1.29, 1.82) is 0 Å². The van der Waals surface area contributed by atoms with Crippen molar-refractivity contribution in [2.24, 2.45) is 5.73 Å². The highest BCUT2D eigenvalue weighted by molar-refractivity contribution is 5.59. The van der Waals surface area contributed by atoms with Gasteiger partial charge < -0.3 is 20.7 Å². The molecule has 1 unspecified atom stereocenters. The monoisotopic (exact) mass is 354 g/mol. The van der Waals surface area contributed by atoms with E-state index in [1.54, 1.807) is 6.07 Å². The molecule has 8 nitrogen and oxygen atoms in total. The standard InChI is InChI=1S/C18H22N6O2/c1-10(2)20-18-21-11(3)8-15(22-18)17-23-16(24-26-17)13-6-4-12(5-7-13)14(19)9-25/h4-8,10,14,25H,9,19H2,1-3H3,(H,20,21,22). The molecule has 0 saturated carbocycles. The number of rotatable bonds is 6. The maximum absolute atomic E-state index is 9.12. The smallest absolute Gasteiger partial charge is 0.277 e. The summed E-state index contributed by atoms with van der Waals surface area (Å²) in [4.78, 5) is 13.2. The number of nitrogens with one attached hydrogen (secondary N) is 1. The minimum atomic E-state index is -0.402. The highest BCUT2D eigenvalue weighted by Crippen LogP contribution is 2.23. The van der Waals surface area contributed by atoms with E-state index < -0.39 is 6.04 Å². The van der Waals surface area contributed by atoms with Crippen LogP contribution in [0.2, 0.25) is 0 Å². The van der Waals surface area contributed by atoms with Gasteiger partial charge in [0.25, 0.3) is 5.89 Å². The summed E-state index contributed by atoms with van der Waals surface area (Å²) in [7, 11) is 0. The van der Waals surface area contributed by atoms with Gasteiger partial charge in [-0.15, -0.1) is 0 Å². The number of anilines is 1. The molecule has 0 bridgehead atoms. The quantitative estimate of drug-likeness (QED) is 0.616. The number of nitrogens with zero attached hydrogens (tertiary/aromatic N) is 4. The van der Waals surface area contributed by atoms with Crippen LogP contribution in [0.4, 0.5) is 5.95 Å². The van der Waals surface area contributed by atoms with Crippen LogP contribution in [0.3, 0.4) is 0 Å². The van der Waals surface area contributed by atoms with Gasteiger partial charge in [0.05, 0.1) is 12.6 Å². The average Bonchev–Trinajstić information content (AvgIpc) is 3.10.